The zero-order valence-electron chi connectivity index (χ0n) is 11.7. The van der Waals surface area contributed by atoms with Crippen molar-refractivity contribution in [2.24, 2.45) is 5.92 Å². The van der Waals surface area contributed by atoms with Crippen LogP contribution in [0, 0.1) is 5.92 Å². The Morgan fingerprint density at radius 1 is 1.30 bits per heavy atom. The third-order valence-electron chi connectivity index (χ3n) is 4.74. The van der Waals surface area contributed by atoms with E-state index in [9.17, 15) is 13.2 Å². The van der Waals surface area contributed by atoms with Crippen LogP contribution in [0.4, 0.5) is 0 Å². The number of nitrogens with one attached hydrogen (secondary N) is 2. The van der Waals surface area contributed by atoms with Crippen molar-refractivity contribution in [2.75, 3.05) is 37.7 Å². The van der Waals surface area contributed by atoms with Crippen LogP contribution < -0.4 is 10.6 Å². The summed E-state index contributed by atoms with van der Waals surface area (Å²) >= 11 is 0. The van der Waals surface area contributed by atoms with Gasteiger partial charge in [-0.2, -0.15) is 0 Å². The molecule has 4 aliphatic heterocycles. The van der Waals surface area contributed by atoms with Gasteiger partial charge < -0.3 is 15.5 Å². The quantitative estimate of drug-likeness (QED) is 0.697. The summed E-state index contributed by atoms with van der Waals surface area (Å²) < 4.78 is 23.1. The molecule has 2 bridgehead atoms. The van der Waals surface area contributed by atoms with E-state index in [0.717, 1.165) is 19.6 Å². The van der Waals surface area contributed by atoms with Crippen LogP contribution in [0.25, 0.3) is 0 Å². The molecule has 4 aliphatic rings. The van der Waals surface area contributed by atoms with Crippen LogP contribution in [0.2, 0.25) is 0 Å². The molecule has 4 saturated heterocycles. The fourth-order valence-corrected chi connectivity index (χ4v) is 5.06. The van der Waals surface area contributed by atoms with Crippen LogP contribution in [0.15, 0.2) is 0 Å². The van der Waals surface area contributed by atoms with Crippen molar-refractivity contribution in [3.8, 4) is 0 Å². The Labute approximate surface area is 120 Å². The first-order valence-electron chi connectivity index (χ1n) is 7.47. The van der Waals surface area contributed by atoms with Gasteiger partial charge in [0.2, 0.25) is 5.91 Å². The predicted octanol–water partition coefficient (Wildman–Crippen LogP) is -1.03. The highest BCUT2D eigenvalue weighted by Gasteiger charge is 2.35. The highest BCUT2D eigenvalue weighted by atomic mass is 32.2. The van der Waals surface area contributed by atoms with E-state index >= 15 is 0 Å². The lowest BCUT2D eigenvalue weighted by atomic mass is 9.84. The van der Waals surface area contributed by atoms with Crippen molar-refractivity contribution in [2.45, 2.75) is 31.3 Å². The summed E-state index contributed by atoms with van der Waals surface area (Å²) in [6, 6.07) is 0.0278. The molecular formula is C13H23N3O3S. The standard InChI is InChI=1S/C13H23N3O3S/c17-13(7-11-9-20(18,19)6-3-14-11)15-12-8-16-4-1-10(12)2-5-16/h10-12,14H,1-9H2,(H,15,17). The summed E-state index contributed by atoms with van der Waals surface area (Å²) in [7, 11) is -2.97. The summed E-state index contributed by atoms with van der Waals surface area (Å²) in [6.07, 6.45) is 2.60. The first kappa shape index (κ1) is 14.3. The highest BCUT2D eigenvalue weighted by Crippen LogP contribution is 2.27. The monoisotopic (exact) mass is 301 g/mol. The van der Waals surface area contributed by atoms with E-state index in [1.807, 2.05) is 0 Å². The molecule has 0 saturated carbocycles. The van der Waals surface area contributed by atoms with Gasteiger partial charge >= 0.3 is 0 Å². The third kappa shape index (κ3) is 3.32. The number of amides is 1. The molecule has 7 heteroatoms. The molecule has 4 heterocycles. The minimum Gasteiger partial charge on any atom is -0.352 e. The minimum atomic E-state index is -2.97. The molecule has 2 atom stereocenters. The zero-order valence-corrected chi connectivity index (χ0v) is 12.5. The normalized spacial score (nSPS) is 39.4. The predicted molar refractivity (Wildman–Crippen MR) is 76.2 cm³/mol. The van der Waals surface area contributed by atoms with Crippen LogP contribution in [-0.2, 0) is 14.6 Å². The number of nitrogens with zero attached hydrogens (tertiary/aromatic N) is 1. The van der Waals surface area contributed by atoms with Gasteiger partial charge in [0.15, 0.2) is 9.84 Å². The molecule has 4 fully saturated rings. The molecule has 1 amide bonds. The molecule has 0 radical (unpaired) electrons. The van der Waals surface area contributed by atoms with E-state index in [2.05, 4.69) is 15.5 Å². The average molecular weight is 301 g/mol. The summed E-state index contributed by atoms with van der Waals surface area (Å²) in [4.78, 5) is 14.5. The molecule has 0 aliphatic carbocycles. The van der Waals surface area contributed by atoms with Gasteiger partial charge in [0.05, 0.1) is 11.5 Å². The summed E-state index contributed by atoms with van der Waals surface area (Å²) in [6.45, 7) is 3.71. The molecule has 2 N–H and O–H groups in total. The fourth-order valence-electron chi connectivity index (χ4n) is 3.62. The van der Waals surface area contributed by atoms with Crippen LogP contribution in [-0.4, -0.2) is 69.0 Å². The van der Waals surface area contributed by atoms with Crippen LogP contribution in [0.5, 0.6) is 0 Å². The van der Waals surface area contributed by atoms with E-state index in [-0.39, 0.29) is 35.9 Å². The van der Waals surface area contributed by atoms with Crippen LogP contribution >= 0.6 is 0 Å². The molecule has 4 rings (SSSR count). The van der Waals surface area contributed by atoms with Gasteiger partial charge in [-0.05, 0) is 31.8 Å². The topological polar surface area (TPSA) is 78.5 Å². The van der Waals surface area contributed by atoms with Crippen molar-refractivity contribution in [3.05, 3.63) is 0 Å². The largest absolute Gasteiger partial charge is 0.352 e. The second kappa shape index (κ2) is 5.61. The fraction of sp³-hybridized carbons (Fsp3) is 0.923. The lowest BCUT2D eigenvalue weighted by Gasteiger charge is -2.45. The van der Waals surface area contributed by atoms with Gasteiger partial charge in [0, 0.05) is 31.6 Å². The van der Waals surface area contributed by atoms with Gasteiger partial charge in [0.1, 0.15) is 0 Å². The van der Waals surface area contributed by atoms with Crippen molar-refractivity contribution in [3.63, 3.8) is 0 Å². The first-order valence-corrected chi connectivity index (χ1v) is 9.29. The number of sulfone groups is 1. The number of piperidine rings is 3. The van der Waals surface area contributed by atoms with Gasteiger partial charge in [-0.15, -0.1) is 0 Å². The maximum atomic E-state index is 12.1. The maximum absolute atomic E-state index is 12.1. The van der Waals surface area contributed by atoms with E-state index in [4.69, 9.17) is 0 Å². The van der Waals surface area contributed by atoms with E-state index < -0.39 is 9.84 Å². The second-order valence-electron chi connectivity index (χ2n) is 6.28. The molecule has 20 heavy (non-hydrogen) atoms. The van der Waals surface area contributed by atoms with Crippen molar-refractivity contribution in [1.29, 1.82) is 0 Å². The van der Waals surface area contributed by atoms with Gasteiger partial charge in [0.25, 0.3) is 0 Å². The van der Waals surface area contributed by atoms with E-state index in [0.29, 0.717) is 12.5 Å². The number of carbonyl (C=O) groups excluding carboxylic acids is 1. The highest BCUT2D eigenvalue weighted by molar-refractivity contribution is 7.91. The van der Waals surface area contributed by atoms with Gasteiger partial charge in [-0.25, -0.2) is 8.42 Å². The van der Waals surface area contributed by atoms with Gasteiger partial charge in [-0.3, -0.25) is 4.79 Å². The zero-order chi connectivity index (χ0) is 14.2. The lowest BCUT2D eigenvalue weighted by Crippen LogP contribution is -2.58. The van der Waals surface area contributed by atoms with Crippen LogP contribution in [0.3, 0.4) is 0 Å². The van der Waals surface area contributed by atoms with Crippen molar-refractivity contribution < 1.29 is 13.2 Å². The number of fused-ring (bicyclic) bond motifs is 3. The Morgan fingerprint density at radius 3 is 2.65 bits per heavy atom. The first-order chi connectivity index (χ1) is 9.52. The molecule has 0 aromatic carbocycles. The molecule has 0 aromatic rings. The Hall–Kier alpha value is -0.660. The number of hydrogen-bond acceptors (Lipinski definition) is 5. The van der Waals surface area contributed by atoms with E-state index in [1.165, 1.54) is 12.8 Å². The Kier molecular flexibility index (Phi) is 4.01. The molecule has 2 unspecified atom stereocenters. The van der Waals surface area contributed by atoms with Crippen LogP contribution in [0.1, 0.15) is 19.3 Å². The molecule has 114 valence electrons. The summed E-state index contributed by atoms with van der Waals surface area (Å²) in [5.41, 5.74) is 0. The lowest BCUT2D eigenvalue weighted by molar-refractivity contribution is -0.123. The molecule has 0 aromatic heterocycles. The molecule has 6 nitrogen and oxygen atoms in total. The Morgan fingerprint density at radius 2 is 2.05 bits per heavy atom. The van der Waals surface area contributed by atoms with E-state index in [1.54, 1.807) is 0 Å². The Bertz CT molecular complexity index is 471. The minimum absolute atomic E-state index is 0.0154. The smallest absolute Gasteiger partial charge is 0.221 e. The maximum Gasteiger partial charge on any atom is 0.221 e. The summed E-state index contributed by atoms with van der Waals surface area (Å²) in [5, 5.41) is 6.24. The number of rotatable bonds is 3. The Balaban J connectivity index is 1.50. The average Bonchev–Trinajstić information content (AvgIpc) is 2.38. The summed E-state index contributed by atoms with van der Waals surface area (Å²) in [5.74, 6) is 0.858. The van der Waals surface area contributed by atoms with Gasteiger partial charge in [-0.1, -0.05) is 0 Å². The molecular weight excluding hydrogens is 278 g/mol. The number of carbonyl (C=O) groups is 1. The molecule has 0 spiro atoms. The SMILES string of the molecule is O=C(CC1CS(=O)(=O)CCN1)NC1CN2CCC1CC2. The van der Waals surface area contributed by atoms with Crippen molar-refractivity contribution >= 4 is 15.7 Å². The number of hydrogen-bond donors (Lipinski definition) is 2. The van der Waals surface area contributed by atoms with Crippen molar-refractivity contribution in [1.82, 2.24) is 15.5 Å². The third-order valence-corrected chi connectivity index (χ3v) is 6.47. The second-order valence-corrected chi connectivity index (χ2v) is 8.51.